The van der Waals surface area contributed by atoms with Gasteiger partial charge in [0.1, 0.15) is 0 Å². The van der Waals surface area contributed by atoms with E-state index in [1.54, 1.807) is 17.4 Å². The molecule has 7 heteroatoms. The summed E-state index contributed by atoms with van der Waals surface area (Å²) in [5.41, 5.74) is 6.61. The Kier molecular flexibility index (Phi) is 8.49. The van der Waals surface area contributed by atoms with Gasteiger partial charge in [-0.1, -0.05) is 55.8 Å². The van der Waals surface area contributed by atoms with E-state index in [9.17, 15) is 9.90 Å². The highest BCUT2D eigenvalue weighted by atomic mass is 32.1. The van der Waals surface area contributed by atoms with Gasteiger partial charge in [-0.25, -0.2) is 4.99 Å². The Hall–Kier alpha value is -4.20. The highest BCUT2D eigenvalue weighted by molar-refractivity contribution is 7.08. The van der Waals surface area contributed by atoms with E-state index in [0.717, 1.165) is 53.8 Å². The average molecular weight is 577 g/mol. The Morgan fingerprint density at radius 3 is 2.50 bits per heavy atom. The van der Waals surface area contributed by atoms with E-state index in [2.05, 4.69) is 34.3 Å². The Labute approximate surface area is 250 Å². The first-order chi connectivity index (χ1) is 20.6. The maximum absolute atomic E-state index is 13.4. The topological polar surface area (TPSA) is 80.7 Å². The van der Waals surface area contributed by atoms with Gasteiger partial charge in [-0.15, -0.1) is 0 Å². The molecule has 1 atom stereocenters. The minimum atomic E-state index is -0.155. The van der Waals surface area contributed by atoms with Crippen molar-refractivity contribution in [2.75, 3.05) is 13.1 Å². The third-order valence-electron chi connectivity index (χ3n) is 8.02. The third-order valence-corrected chi connectivity index (χ3v) is 8.70. The van der Waals surface area contributed by atoms with Crippen molar-refractivity contribution in [3.63, 3.8) is 0 Å². The molecule has 0 saturated carbocycles. The number of aromatic hydroxyl groups is 1. The standard InChI is InChI=1S/C35H36N4O2S/c1-2-30(25-9-5-3-6-10-25)37-34(40)26-13-16-31-29(21-26)32(35(41)38-31)33(27-17-20-42-23-27)36-28-14-11-24(12-15-28)22-39-18-7-4-8-19-39/h3,5-6,9-17,20-21,23,30,38,41H,2,4,7-8,18-19,22H2,1H3,(H,37,40)/t30-/m1/s1. The van der Waals surface area contributed by atoms with Crippen molar-refractivity contribution in [1.29, 1.82) is 0 Å². The zero-order chi connectivity index (χ0) is 28.9. The van der Waals surface area contributed by atoms with Crippen LogP contribution in [0.2, 0.25) is 0 Å². The summed E-state index contributed by atoms with van der Waals surface area (Å²) < 4.78 is 0. The SMILES string of the molecule is CC[C@@H](NC(=O)c1ccc2[nH]c(O)c(C(=Nc3ccc(CN4CCCCC4)cc3)c3ccsc3)c2c1)c1ccccc1. The lowest BCUT2D eigenvalue weighted by molar-refractivity contribution is 0.0935. The molecule has 1 saturated heterocycles. The molecule has 0 unspecified atom stereocenters. The molecule has 0 aliphatic carbocycles. The molecule has 5 aromatic rings. The number of aromatic amines is 1. The van der Waals surface area contributed by atoms with Crippen molar-refractivity contribution in [2.24, 2.45) is 4.99 Å². The molecule has 42 heavy (non-hydrogen) atoms. The zero-order valence-electron chi connectivity index (χ0n) is 23.8. The van der Waals surface area contributed by atoms with E-state index in [0.29, 0.717) is 16.8 Å². The Bertz CT molecular complexity index is 1670. The highest BCUT2D eigenvalue weighted by Gasteiger charge is 2.21. The Balaban J connectivity index is 1.32. The molecule has 214 valence electrons. The second-order valence-electron chi connectivity index (χ2n) is 10.9. The van der Waals surface area contributed by atoms with E-state index < -0.39 is 0 Å². The summed E-state index contributed by atoms with van der Waals surface area (Å²) in [7, 11) is 0. The Morgan fingerprint density at radius 1 is 1.00 bits per heavy atom. The number of thiophene rings is 1. The van der Waals surface area contributed by atoms with Crippen LogP contribution >= 0.6 is 11.3 Å². The average Bonchev–Trinajstić information content (AvgIpc) is 3.68. The second-order valence-corrected chi connectivity index (χ2v) is 11.7. The molecule has 1 amide bonds. The van der Waals surface area contributed by atoms with Crippen molar-refractivity contribution in [2.45, 2.75) is 45.2 Å². The van der Waals surface area contributed by atoms with Gasteiger partial charge in [-0.05, 0) is 85.3 Å². The van der Waals surface area contributed by atoms with Crippen molar-refractivity contribution < 1.29 is 9.90 Å². The van der Waals surface area contributed by atoms with Gasteiger partial charge in [0.15, 0.2) is 5.88 Å². The largest absolute Gasteiger partial charge is 0.494 e. The van der Waals surface area contributed by atoms with E-state index in [1.165, 1.54) is 24.8 Å². The van der Waals surface area contributed by atoms with Crippen LogP contribution in [0.25, 0.3) is 10.9 Å². The number of piperidine rings is 1. The molecule has 3 heterocycles. The van der Waals surface area contributed by atoms with Gasteiger partial charge in [0.05, 0.1) is 23.0 Å². The lowest BCUT2D eigenvalue weighted by Gasteiger charge is -2.26. The number of hydrogen-bond acceptors (Lipinski definition) is 5. The van der Waals surface area contributed by atoms with Crippen LogP contribution < -0.4 is 5.32 Å². The van der Waals surface area contributed by atoms with Crippen molar-refractivity contribution in [3.8, 4) is 5.88 Å². The first-order valence-corrected chi connectivity index (χ1v) is 15.7. The number of carbonyl (C=O) groups is 1. The van der Waals surface area contributed by atoms with Crippen LogP contribution in [0, 0.1) is 0 Å². The van der Waals surface area contributed by atoms with Crippen LogP contribution in [-0.4, -0.2) is 39.7 Å². The lowest BCUT2D eigenvalue weighted by Crippen LogP contribution is -2.28. The summed E-state index contributed by atoms with van der Waals surface area (Å²) in [4.78, 5) is 24.1. The molecule has 0 spiro atoms. The molecule has 6 rings (SSSR count). The minimum Gasteiger partial charge on any atom is -0.494 e. The molecule has 1 aliphatic rings. The number of aliphatic imine (C=N–C) groups is 1. The van der Waals surface area contributed by atoms with Crippen LogP contribution in [0.15, 0.2) is 94.6 Å². The van der Waals surface area contributed by atoms with E-state index in [-0.39, 0.29) is 17.8 Å². The maximum atomic E-state index is 13.4. The van der Waals surface area contributed by atoms with Crippen LogP contribution in [-0.2, 0) is 6.54 Å². The fraction of sp³-hybridized carbons (Fsp3) is 0.257. The number of amides is 1. The van der Waals surface area contributed by atoms with Crippen LogP contribution in [0.3, 0.4) is 0 Å². The number of likely N-dealkylation sites (tertiary alicyclic amines) is 1. The number of carbonyl (C=O) groups excluding carboxylic acids is 1. The number of hydrogen-bond donors (Lipinski definition) is 3. The molecule has 3 N–H and O–H groups in total. The fourth-order valence-electron chi connectivity index (χ4n) is 5.75. The highest BCUT2D eigenvalue weighted by Crippen LogP contribution is 2.33. The van der Waals surface area contributed by atoms with Gasteiger partial charge >= 0.3 is 0 Å². The molecule has 6 nitrogen and oxygen atoms in total. The summed E-state index contributed by atoms with van der Waals surface area (Å²) in [5, 5.41) is 19.1. The summed E-state index contributed by atoms with van der Waals surface area (Å²) in [6, 6.07) is 25.8. The van der Waals surface area contributed by atoms with Crippen molar-refractivity contribution in [1.82, 2.24) is 15.2 Å². The van der Waals surface area contributed by atoms with Gasteiger partial charge in [0.25, 0.3) is 5.91 Å². The van der Waals surface area contributed by atoms with Gasteiger partial charge in [0, 0.05) is 34.0 Å². The number of H-pyrrole nitrogens is 1. The predicted octanol–water partition coefficient (Wildman–Crippen LogP) is 7.97. The zero-order valence-corrected chi connectivity index (χ0v) is 24.7. The number of fused-ring (bicyclic) bond motifs is 1. The number of nitrogens with zero attached hydrogens (tertiary/aromatic N) is 2. The molecule has 0 radical (unpaired) electrons. The normalized spacial score (nSPS) is 15.1. The Morgan fingerprint density at radius 2 is 1.79 bits per heavy atom. The van der Waals surface area contributed by atoms with E-state index in [1.807, 2.05) is 71.4 Å². The maximum Gasteiger partial charge on any atom is 0.251 e. The molecule has 0 bridgehead atoms. The molecule has 1 aliphatic heterocycles. The summed E-state index contributed by atoms with van der Waals surface area (Å²) in [5.74, 6) is -0.123. The van der Waals surface area contributed by atoms with E-state index >= 15 is 0 Å². The quantitative estimate of drug-likeness (QED) is 0.156. The first kappa shape index (κ1) is 27.9. The smallest absolute Gasteiger partial charge is 0.251 e. The molecular formula is C35H36N4O2S. The van der Waals surface area contributed by atoms with E-state index in [4.69, 9.17) is 4.99 Å². The second kappa shape index (κ2) is 12.8. The summed E-state index contributed by atoms with van der Waals surface area (Å²) in [6.45, 7) is 5.34. The summed E-state index contributed by atoms with van der Waals surface area (Å²) >= 11 is 1.58. The number of aromatic nitrogens is 1. The summed E-state index contributed by atoms with van der Waals surface area (Å²) in [6.07, 6.45) is 4.65. The molecule has 1 fully saturated rings. The molecule has 2 aromatic heterocycles. The van der Waals surface area contributed by atoms with Gasteiger partial charge < -0.3 is 15.4 Å². The number of rotatable bonds is 9. The molecular weight excluding hydrogens is 540 g/mol. The lowest BCUT2D eigenvalue weighted by atomic mass is 10.0. The first-order valence-electron chi connectivity index (χ1n) is 14.7. The van der Waals surface area contributed by atoms with Crippen molar-refractivity contribution >= 4 is 39.5 Å². The van der Waals surface area contributed by atoms with Crippen molar-refractivity contribution in [3.05, 3.63) is 117 Å². The fourth-order valence-corrected chi connectivity index (χ4v) is 6.39. The van der Waals surface area contributed by atoms with Crippen LogP contribution in [0.1, 0.15) is 71.3 Å². The third kappa shape index (κ3) is 6.17. The van der Waals surface area contributed by atoms with Gasteiger partial charge in [0.2, 0.25) is 0 Å². The minimum absolute atomic E-state index is 0.0324. The number of nitrogens with one attached hydrogen (secondary N) is 2. The van der Waals surface area contributed by atoms with Gasteiger partial charge in [-0.2, -0.15) is 11.3 Å². The van der Waals surface area contributed by atoms with Crippen LogP contribution in [0.5, 0.6) is 5.88 Å². The predicted molar refractivity (Wildman–Crippen MR) is 172 cm³/mol. The number of benzene rings is 3. The van der Waals surface area contributed by atoms with Crippen LogP contribution in [0.4, 0.5) is 5.69 Å². The monoisotopic (exact) mass is 576 g/mol. The van der Waals surface area contributed by atoms with Gasteiger partial charge in [-0.3, -0.25) is 9.69 Å². The molecule has 3 aromatic carbocycles.